The van der Waals surface area contributed by atoms with E-state index in [0.29, 0.717) is 18.8 Å². The van der Waals surface area contributed by atoms with Crippen molar-refractivity contribution in [3.8, 4) is 5.75 Å². The molecule has 1 amide bonds. The first-order chi connectivity index (χ1) is 14.2. The Balaban J connectivity index is 2.25. The number of hydrogen-bond donors (Lipinski definition) is 0. The number of sulfonamides is 1. The van der Waals surface area contributed by atoms with Gasteiger partial charge in [0.1, 0.15) is 5.75 Å². The second-order valence-electron chi connectivity index (χ2n) is 7.54. The molecule has 0 radical (unpaired) electrons. The molecule has 0 fully saturated rings. The Hall–Kier alpha value is -2.58. The Labute approximate surface area is 179 Å². The molecule has 0 spiro atoms. The highest BCUT2D eigenvalue weighted by atomic mass is 32.2. The third-order valence-corrected chi connectivity index (χ3v) is 6.51. The van der Waals surface area contributed by atoms with Gasteiger partial charge in [0.15, 0.2) is 0 Å². The van der Waals surface area contributed by atoms with Crippen LogP contribution in [-0.2, 0) is 28.4 Å². The summed E-state index contributed by atoms with van der Waals surface area (Å²) in [6.07, 6.45) is 3.41. The number of aromatic nitrogens is 1. The highest BCUT2D eigenvalue weighted by molar-refractivity contribution is 7.89. The van der Waals surface area contributed by atoms with Gasteiger partial charge in [0.05, 0.1) is 25.1 Å². The van der Waals surface area contributed by atoms with E-state index in [1.54, 1.807) is 17.0 Å². The number of methoxy groups -OCH3 is 1. The fourth-order valence-electron chi connectivity index (χ4n) is 3.09. The molecule has 0 aliphatic carbocycles. The molecular weight excluding hydrogens is 402 g/mol. The van der Waals surface area contributed by atoms with E-state index in [1.807, 2.05) is 43.8 Å². The van der Waals surface area contributed by atoms with Gasteiger partial charge in [0.2, 0.25) is 15.9 Å². The number of benzene rings is 1. The molecule has 0 unspecified atom stereocenters. The van der Waals surface area contributed by atoms with Crippen LogP contribution in [0.4, 0.5) is 0 Å². The van der Waals surface area contributed by atoms with Crippen molar-refractivity contribution >= 4 is 15.9 Å². The molecule has 164 valence electrons. The zero-order valence-electron chi connectivity index (χ0n) is 18.1. The lowest BCUT2D eigenvalue weighted by Crippen LogP contribution is -2.44. The van der Waals surface area contributed by atoms with Gasteiger partial charge in [-0.25, -0.2) is 8.42 Å². The highest BCUT2D eigenvalue weighted by Crippen LogP contribution is 2.20. The molecule has 7 nitrogen and oxygen atoms in total. The Bertz CT molecular complexity index is 949. The molecule has 2 aromatic rings. The summed E-state index contributed by atoms with van der Waals surface area (Å²) < 4.78 is 34.5. The standard InChI is InChI=1S/C22H31N3O4S/c1-6-13-25(30(27,28)21-11-9-20(29-5)10-12-21)17-22(26)24(15-18(2)3)16-19-8-7-14-23(19)4/h6-12,14,18H,1,13,15-17H2,2-5H3. The van der Waals surface area contributed by atoms with Crippen molar-refractivity contribution in [2.45, 2.75) is 25.3 Å². The predicted molar refractivity (Wildman–Crippen MR) is 118 cm³/mol. The lowest BCUT2D eigenvalue weighted by molar-refractivity contribution is -0.132. The number of aryl methyl sites for hydroxylation is 1. The van der Waals surface area contributed by atoms with Crippen molar-refractivity contribution in [1.29, 1.82) is 0 Å². The lowest BCUT2D eigenvalue weighted by atomic mass is 10.2. The van der Waals surface area contributed by atoms with Crippen LogP contribution in [0.5, 0.6) is 5.75 Å². The number of carbonyl (C=O) groups is 1. The molecule has 0 aliphatic heterocycles. The summed E-state index contributed by atoms with van der Waals surface area (Å²) in [7, 11) is -0.423. The monoisotopic (exact) mass is 433 g/mol. The van der Waals surface area contributed by atoms with E-state index in [4.69, 9.17) is 4.74 Å². The Morgan fingerprint density at radius 2 is 1.90 bits per heavy atom. The number of amides is 1. The van der Waals surface area contributed by atoms with Gasteiger partial charge in [-0.1, -0.05) is 19.9 Å². The summed E-state index contributed by atoms with van der Waals surface area (Å²) in [6, 6.07) is 10.00. The second-order valence-corrected chi connectivity index (χ2v) is 9.48. The van der Waals surface area contributed by atoms with Crippen molar-refractivity contribution in [2.24, 2.45) is 13.0 Å². The first kappa shape index (κ1) is 23.7. The minimum atomic E-state index is -3.86. The molecule has 0 saturated heterocycles. The molecular formula is C22H31N3O4S. The number of hydrogen-bond acceptors (Lipinski definition) is 4. The van der Waals surface area contributed by atoms with Crippen LogP contribution in [0.3, 0.4) is 0 Å². The van der Waals surface area contributed by atoms with E-state index in [0.717, 1.165) is 10.00 Å². The van der Waals surface area contributed by atoms with Crippen LogP contribution < -0.4 is 4.74 Å². The molecule has 8 heteroatoms. The van der Waals surface area contributed by atoms with E-state index in [1.165, 1.54) is 25.3 Å². The highest BCUT2D eigenvalue weighted by Gasteiger charge is 2.28. The molecule has 2 rings (SSSR count). The van der Waals surface area contributed by atoms with Gasteiger partial charge in [-0.05, 0) is 42.3 Å². The summed E-state index contributed by atoms with van der Waals surface area (Å²) in [6.45, 7) is 8.46. The van der Waals surface area contributed by atoms with Crippen molar-refractivity contribution < 1.29 is 17.9 Å². The third-order valence-electron chi connectivity index (χ3n) is 4.68. The van der Waals surface area contributed by atoms with Gasteiger partial charge in [0.25, 0.3) is 0 Å². The van der Waals surface area contributed by atoms with E-state index >= 15 is 0 Å². The molecule has 0 saturated carbocycles. The van der Waals surface area contributed by atoms with Gasteiger partial charge < -0.3 is 14.2 Å². The van der Waals surface area contributed by atoms with E-state index in [9.17, 15) is 13.2 Å². The molecule has 0 N–H and O–H groups in total. The summed E-state index contributed by atoms with van der Waals surface area (Å²) in [5, 5.41) is 0. The van der Waals surface area contributed by atoms with Crippen LogP contribution in [0, 0.1) is 5.92 Å². The number of rotatable bonds is 11. The maximum Gasteiger partial charge on any atom is 0.243 e. The minimum Gasteiger partial charge on any atom is -0.497 e. The third kappa shape index (κ3) is 5.96. The largest absolute Gasteiger partial charge is 0.497 e. The van der Waals surface area contributed by atoms with Crippen molar-refractivity contribution in [3.63, 3.8) is 0 Å². The van der Waals surface area contributed by atoms with Gasteiger partial charge in [-0.3, -0.25) is 4.79 Å². The Morgan fingerprint density at radius 3 is 2.40 bits per heavy atom. The number of nitrogens with zero attached hydrogens (tertiary/aromatic N) is 3. The SMILES string of the molecule is C=CCN(CC(=O)N(Cc1cccn1C)CC(C)C)S(=O)(=O)c1ccc(OC)cc1. The maximum atomic E-state index is 13.1. The molecule has 1 aromatic carbocycles. The molecule has 1 aromatic heterocycles. The van der Waals surface area contributed by atoms with E-state index in [2.05, 4.69) is 6.58 Å². The topological polar surface area (TPSA) is 71.9 Å². The average Bonchev–Trinajstić information content (AvgIpc) is 3.11. The van der Waals surface area contributed by atoms with Crippen molar-refractivity contribution in [1.82, 2.24) is 13.8 Å². The van der Waals surface area contributed by atoms with Gasteiger partial charge >= 0.3 is 0 Å². The Kier molecular flexibility index (Phi) is 8.25. The zero-order chi connectivity index (χ0) is 22.3. The van der Waals surface area contributed by atoms with E-state index in [-0.39, 0.29) is 29.8 Å². The summed E-state index contributed by atoms with van der Waals surface area (Å²) in [5.41, 5.74) is 0.984. The normalized spacial score (nSPS) is 11.7. The first-order valence-corrected chi connectivity index (χ1v) is 11.3. The first-order valence-electron chi connectivity index (χ1n) is 9.82. The Morgan fingerprint density at radius 1 is 1.23 bits per heavy atom. The van der Waals surface area contributed by atoms with Crippen LogP contribution in [0.15, 0.2) is 60.1 Å². The molecule has 0 aliphatic rings. The van der Waals surface area contributed by atoms with Crippen LogP contribution in [0.2, 0.25) is 0 Å². The summed E-state index contributed by atoms with van der Waals surface area (Å²) in [4.78, 5) is 15.0. The lowest BCUT2D eigenvalue weighted by Gasteiger charge is -2.28. The zero-order valence-corrected chi connectivity index (χ0v) is 18.9. The van der Waals surface area contributed by atoms with Gasteiger partial charge in [-0.15, -0.1) is 6.58 Å². The summed E-state index contributed by atoms with van der Waals surface area (Å²) in [5.74, 6) is 0.565. The molecule has 0 atom stereocenters. The van der Waals surface area contributed by atoms with Crippen molar-refractivity contribution in [2.75, 3.05) is 26.7 Å². The van der Waals surface area contributed by atoms with Crippen LogP contribution in [0.25, 0.3) is 0 Å². The fourth-order valence-corrected chi connectivity index (χ4v) is 4.45. The van der Waals surface area contributed by atoms with Gasteiger partial charge in [-0.2, -0.15) is 4.31 Å². The second kappa shape index (κ2) is 10.4. The number of ether oxygens (including phenoxy) is 1. The predicted octanol–water partition coefficient (Wildman–Crippen LogP) is 2.90. The minimum absolute atomic E-state index is 0.0414. The fraction of sp³-hybridized carbons (Fsp3) is 0.409. The maximum absolute atomic E-state index is 13.1. The van der Waals surface area contributed by atoms with Crippen LogP contribution in [0.1, 0.15) is 19.5 Å². The molecule has 0 bridgehead atoms. The van der Waals surface area contributed by atoms with Crippen molar-refractivity contribution in [3.05, 3.63) is 60.9 Å². The van der Waals surface area contributed by atoms with Gasteiger partial charge in [0, 0.05) is 32.0 Å². The number of carbonyl (C=O) groups excluding carboxylic acids is 1. The quantitative estimate of drug-likeness (QED) is 0.511. The molecule has 30 heavy (non-hydrogen) atoms. The van der Waals surface area contributed by atoms with Crippen LogP contribution >= 0.6 is 0 Å². The average molecular weight is 434 g/mol. The smallest absolute Gasteiger partial charge is 0.243 e. The van der Waals surface area contributed by atoms with Crippen LogP contribution in [-0.4, -0.2) is 54.8 Å². The summed E-state index contributed by atoms with van der Waals surface area (Å²) >= 11 is 0. The molecule has 1 heterocycles. The van der Waals surface area contributed by atoms with E-state index < -0.39 is 10.0 Å².